The second kappa shape index (κ2) is 6.10. The molecule has 0 aliphatic carbocycles. The molecule has 0 radical (unpaired) electrons. The van der Waals surface area contributed by atoms with Gasteiger partial charge in [-0.1, -0.05) is 6.07 Å². The molecule has 0 bridgehead atoms. The standard InChI is InChI=1S/C13H14N4OS/c1-9-8-10(2)15-13(14-9)17-16-12(18)6-5-11-4-3-7-19-11/h3-8H,1-2H3,(H,16,18)(H,14,15,17)/b6-5-. The summed E-state index contributed by atoms with van der Waals surface area (Å²) in [5, 5.41) is 1.96. The van der Waals surface area contributed by atoms with Crippen molar-refractivity contribution < 1.29 is 4.79 Å². The second-order valence-electron chi connectivity index (χ2n) is 3.94. The lowest BCUT2D eigenvalue weighted by Crippen LogP contribution is -2.28. The normalized spacial score (nSPS) is 10.6. The lowest BCUT2D eigenvalue weighted by atomic mass is 10.4. The monoisotopic (exact) mass is 274 g/mol. The van der Waals surface area contributed by atoms with Crippen LogP contribution in [0.15, 0.2) is 29.7 Å². The molecule has 2 rings (SSSR count). The zero-order valence-electron chi connectivity index (χ0n) is 10.7. The van der Waals surface area contributed by atoms with Crippen molar-refractivity contribution in [3.63, 3.8) is 0 Å². The maximum Gasteiger partial charge on any atom is 0.262 e. The van der Waals surface area contributed by atoms with E-state index < -0.39 is 0 Å². The first kappa shape index (κ1) is 13.2. The van der Waals surface area contributed by atoms with Gasteiger partial charge in [0.25, 0.3) is 5.91 Å². The fraction of sp³-hybridized carbons (Fsp3) is 0.154. The molecule has 0 fully saturated rings. The van der Waals surface area contributed by atoms with E-state index in [-0.39, 0.29) is 5.91 Å². The van der Waals surface area contributed by atoms with Gasteiger partial charge in [-0.15, -0.1) is 11.3 Å². The van der Waals surface area contributed by atoms with Crippen molar-refractivity contribution in [1.82, 2.24) is 15.4 Å². The maximum absolute atomic E-state index is 11.6. The van der Waals surface area contributed by atoms with Crippen LogP contribution in [0, 0.1) is 13.8 Å². The topological polar surface area (TPSA) is 66.9 Å². The average Bonchev–Trinajstić information content (AvgIpc) is 2.86. The zero-order chi connectivity index (χ0) is 13.7. The van der Waals surface area contributed by atoms with E-state index in [0.717, 1.165) is 16.3 Å². The van der Waals surface area contributed by atoms with Gasteiger partial charge in [0.05, 0.1) is 0 Å². The molecule has 19 heavy (non-hydrogen) atoms. The van der Waals surface area contributed by atoms with E-state index in [2.05, 4.69) is 20.8 Å². The third-order valence-corrected chi connectivity index (χ3v) is 3.06. The van der Waals surface area contributed by atoms with Crippen LogP contribution >= 0.6 is 11.3 Å². The summed E-state index contributed by atoms with van der Waals surface area (Å²) < 4.78 is 0. The van der Waals surface area contributed by atoms with Gasteiger partial charge in [0.2, 0.25) is 5.95 Å². The summed E-state index contributed by atoms with van der Waals surface area (Å²) in [6.45, 7) is 3.75. The fourth-order valence-corrected chi connectivity index (χ4v) is 2.10. The molecule has 0 spiro atoms. The van der Waals surface area contributed by atoms with Crippen LogP contribution in [-0.2, 0) is 4.79 Å². The van der Waals surface area contributed by atoms with Gasteiger partial charge in [-0.2, -0.15) is 0 Å². The van der Waals surface area contributed by atoms with Gasteiger partial charge >= 0.3 is 0 Å². The molecule has 2 aromatic heterocycles. The van der Waals surface area contributed by atoms with Crippen LogP contribution in [0.3, 0.4) is 0 Å². The Morgan fingerprint density at radius 2 is 2.05 bits per heavy atom. The Bertz CT molecular complexity index is 572. The number of hydrogen-bond acceptors (Lipinski definition) is 5. The van der Waals surface area contributed by atoms with Crippen LogP contribution in [0.2, 0.25) is 0 Å². The quantitative estimate of drug-likeness (QED) is 0.663. The zero-order valence-corrected chi connectivity index (χ0v) is 11.5. The minimum atomic E-state index is -0.254. The Hall–Kier alpha value is -2.21. The first-order chi connectivity index (χ1) is 9.13. The second-order valence-corrected chi connectivity index (χ2v) is 4.92. The van der Waals surface area contributed by atoms with Crippen molar-refractivity contribution in [2.75, 3.05) is 5.43 Å². The van der Waals surface area contributed by atoms with Gasteiger partial charge in [0, 0.05) is 22.3 Å². The molecular weight excluding hydrogens is 260 g/mol. The van der Waals surface area contributed by atoms with Crippen molar-refractivity contribution in [2.24, 2.45) is 0 Å². The highest BCUT2D eigenvalue weighted by Crippen LogP contribution is 2.09. The summed E-state index contributed by atoms with van der Waals surface area (Å²) in [6, 6.07) is 5.74. The summed E-state index contributed by atoms with van der Waals surface area (Å²) in [5.41, 5.74) is 6.90. The summed E-state index contributed by atoms with van der Waals surface area (Å²) in [7, 11) is 0. The van der Waals surface area contributed by atoms with E-state index in [9.17, 15) is 4.79 Å². The van der Waals surface area contributed by atoms with Crippen LogP contribution in [0.5, 0.6) is 0 Å². The largest absolute Gasteiger partial charge is 0.268 e. The number of amides is 1. The highest BCUT2D eigenvalue weighted by molar-refractivity contribution is 7.10. The molecule has 0 atom stereocenters. The predicted octanol–water partition coefficient (Wildman–Crippen LogP) is 2.31. The first-order valence-electron chi connectivity index (χ1n) is 5.73. The molecule has 0 aromatic carbocycles. The molecule has 98 valence electrons. The molecule has 1 amide bonds. The molecule has 0 saturated carbocycles. The van der Waals surface area contributed by atoms with Gasteiger partial charge in [0.15, 0.2) is 0 Å². The number of thiophene rings is 1. The summed E-state index contributed by atoms with van der Waals surface area (Å²) in [5.74, 6) is 0.131. The van der Waals surface area contributed by atoms with E-state index in [4.69, 9.17) is 0 Å². The number of nitrogens with one attached hydrogen (secondary N) is 2. The Morgan fingerprint density at radius 3 is 2.68 bits per heavy atom. The number of anilines is 1. The average molecular weight is 274 g/mol. The molecular formula is C13H14N4OS. The Balaban J connectivity index is 1.89. The molecule has 0 unspecified atom stereocenters. The minimum absolute atomic E-state index is 0.254. The summed E-state index contributed by atoms with van der Waals surface area (Å²) in [4.78, 5) is 20.9. The van der Waals surface area contributed by atoms with Gasteiger partial charge in [-0.05, 0) is 37.4 Å². The highest BCUT2D eigenvalue weighted by atomic mass is 32.1. The van der Waals surface area contributed by atoms with Gasteiger partial charge in [-0.3, -0.25) is 15.6 Å². The van der Waals surface area contributed by atoms with Gasteiger partial charge < -0.3 is 0 Å². The molecule has 2 aromatic rings. The van der Waals surface area contributed by atoms with Gasteiger partial charge in [-0.25, -0.2) is 9.97 Å². The molecule has 0 aliphatic heterocycles. The number of nitrogens with zero attached hydrogens (tertiary/aromatic N) is 2. The smallest absolute Gasteiger partial charge is 0.262 e. The number of rotatable bonds is 4. The lowest BCUT2D eigenvalue weighted by Gasteiger charge is -2.06. The van der Waals surface area contributed by atoms with Gasteiger partial charge in [0.1, 0.15) is 0 Å². The molecule has 2 N–H and O–H groups in total. The molecule has 5 nitrogen and oxygen atoms in total. The van der Waals surface area contributed by atoms with Crippen molar-refractivity contribution in [1.29, 1.82) is 0 Å². The molecule has 6 heteroatoms. The number of carbonyl (C=O) groups is 1. The van der Waals surface area contributed by atoms with Crippen LogP contribution < -0.4 is 10.9 Å². The third-order valence-electron chi connectivity index (χ3n) is 2.22. The van der Waals surface area contributed by atoms with E-state index in [1.54, 1.807) is 17.4 Å². The third kappa shape index (κ3) is 4.18. The Kier molecular flexibility index (Phi) is 4.25. The van der Waals surface area contributed by atoms with E-state index in [1.807, 2.05) is 37.4 Å². The van der Waals surface area contributed by atoms with E-state index in [0.29, 0.717) is 5.95 Å². The highest BCUT2D eigenvalue weighted by Gasteiger charge is 2.00. The van der Waals surface area contributed by atoms with Crippen molar-refractivity contribution in [2.45, 2.75) is 13.8 Å². The Labute approximate surface area is 115 Å². The maximum atomic E-state index is 11.6. The SMILES string of the molecule is Cc1cc(C)nc(NNC(=O)/C=C\c2cccs2)n1. The molecule has 2 heterocycles. The summed E-state index contributed by atoms with van der Waals surface area (Å²) >= 11 is 1.57. The van der Waals surface area contributed by atoms with Crippen LogP contribution in [0.25, 0.3) is 6.08 Å². The number of hydrazine groups is 1. The van der Waals surface area contributed by atoms with Crippen LogP contribution in [0.4, 0.5) is 5.95 Å². The van der Waals surface area contributed by atoms with Crippen molar-refractivity contribution in [3.8, 4) is 0 Å². The number of aryl methyl sites for hydroxylation is 2. The van der Waals surface area contributed by atoms with Crippen LogP contribution in [0.1, 0.15) is 16.3 Å². The predicted molar refractivity (Wildman–Crippen MR) is 76.6 cm³/mol. The lowest BCUT2D eigenvalue weighted by molar-refractivity contribution is -0.116. The summed E-state index contributed by atoms with van der Waals surface area (Å²) in [6.07, 6.45) is 3.21. The number of hydrogen-bond donors (Lipinski definition) is 2. The Morgan fingerprint density at radius 1 is 1.32 bits per heavy atom. The van der Waals surface area contributed by atoms with Crippen LogP contribution in [-0.4, -0.2) is 15.9 Å². The minimum Gasteiger partial charge on any atom is -0.268 e. The number of aromatic nitrogens is 2. The van der Waals surface area contributed by atoms with E-state index in [1.165, 1.54) is 6.08 Å². The fourth-order valence-electron chi connectivity index (χ4n) is 1.48. The molecule has 0 aliphatic rings. The molecule has 0 saturated heterocycles. The van der Waals surface area contributed by atoms with E-state index >= 15 is 0 Å². The first-order valence-corrected chi connectivity index (χ1v) is 6.61. The number of carbonyl (C=O) groups excluding carboxylic acids is 1. The van der Waals surface area contributed by atoms with Crippen molar-refractivity contribution in [3.05, 3.63) is 45.9 Å². The van der Waals surface area contributed by atoms with Crippen molar-refractivity contribution >= 4 is 29.3 Å².